The quantitative estimate of drug-likeness (QED) is 0.395. The number of piperazine rings is 1. The van der Waals surface area contributed by atoms with Gasteiger partial charge in [0.25, 0.3) is 0 Å². The minimum atomic E-state index is -5.08. The molecule has 3 unspecified atom stereocenters. The molecule has 3 atom stereocenters. The molecule has 2 heterocycles. The van der Waals surface area contributed by atoms with E-state index in [1.54, 1.807) is 14.2 Å². The number of nitrogens with one attached hydrogen (secondary N) is 2. The summed E-state index contributed by atoms with van der Waals surface area (Å²) in [6, 6.07) is 8.41. The Labute approximate surface area is 268 Å². The molecule has 2 aromatic rings. The number of carboxylic acids is 1. The van der Waals surface area contributed by atoms with Crippen LogP contribution in [0, 0.1) is 11.6 Å². The van der Waals surface area contributed by atoms with Gasteiger partial charge in [0.2, 0.25) is 0 Å². The summed E-state index contributed by atoms with van der Waals surface area (Å²) >= 11 is 0. The zero-order chi connectivity index (χ0) is 34.5. The molecule has 11 nitrogen and oxygen atoms in total. The summed E-state index contributed by atoms with van der Waals surface area (Å²) in [5, 5.41) is 12.7. The average molecular weight is 672 g/mol. The van der Waals surface area contributed by atoms with E-state index in [0.717, 1.165) is 43.6 Å². The predicted molar refractivity (Wildman–Crippen MR) is 161 cm³/mol. The van der Waals surface area contributed by atoms with Crippen molar-refractivity contribution in [2.45, 2.75) is 49.4 Å². The first-order valence-corrected chi connectivity index (χ1v) is 15.0. The lowest BCUT2D eigenvalue weighted by atomic mass is 9.65. The number of alkyl halides is 3. The Bertz CT molecular complexity index is 1450. The highest BCUT2D eigenvalue weighted by atomic mass is 19.4. The van der Waals surface area contributed by atoms with Gasteiger partial charge < -0.3 is 39.9 Å². The summed E-state index contributed by atoms with van der Waals surface area (Å²) in [5.41, 5.74) is 0.962. The minimum Gasteiger partial charge on any atom is -0.493 e. The molecule has 47 heavy (non-hydrogen) atoms. The molecule has 1 aliphatic carbocycles. The zero-order valence-corrected chi connectivity index (χ0v) is 26.2. The van der Waals surface area contributed by atoms with Crippen LogP contribution in [0.4, 0.5) is 37.2 Å². The Balaban J connectivity index is 0.000000644. The summed E-state index contributed by atoms with van der Waals surface area (Å²) in [5.74, 6) is -3.47. The fourth-order valence-electron chi connectivity index (χ4n) is 6.50. The molecule has 3 fully saturated rings. The summed E-state index contributed by atoms with van der Waals surface area (Å²) in [6.07, 6.45) is -2.25. The van der Waals surface area contributed by atoms with Gasteiger partial charge in [0, 0.05) is 62.0 Å². The molecule has 4 amide bonds. The highest BCUT2D eigenvalue weighted by Crippen LogP contribution is 2.50. The number of fused-ring (bicyclic) bond motifs is 1. The van der Waals surface area contributed by atoms with Crippen molar-refractivity contribution in [2.24, 2.45) is 0 Å². The topological polar surface area (TPSA) is 124 Å². The summed E-state index contributed by atoms with van der Waals surface area (Å²) < 4.78 is 69.7. The number of halogens is 5. The van der Waals surface area contributed by atoms with Crippen molar-refractivity contribution in [3.05, 3.63) is 53.6 Å². The van der Waals surface area contributed by atoms with Gasteiger partial charge in [-0.1, -0.05) is 6.07 Å². The number of ether oxygens (including phenoxy) is 2. The van der Waals surface area contributed by atoms with E-state index in [1.165, 1.54) is 6.07 Å². The number of anilines is 1. The Kier molecular flexibility index (Phi) is 11.0. The second kappa shape index (κ2) is 14.6. The van der Waals surface area contributed by atoms with E-state index in [9.17, 15) is 31.5 Å². The van der Waals surface area contributed by atoms with Gasteiger partial charge in [-0.3, -0.25) is 0 Å². The summed E-state index contributed by atoms with van der Waals surface area (Å²) in [7, 11) is 5.27. The van der Waals surface area contributed by atoms with Crippen LogP contribution in [0.2, 0.25) is 0 Å². The van der Waals surface area contributed by atoms with Gasteiger partial charge >= 0.3 is 24.2 Å². The molecule has 0 radical (unpaired) electrons. The van der Waals surface area contributed by atoms with E-state index in [2.05, 4.69) is 28.6 Å². The molecule has 3 aliphatic rings. The van der Waals surface area contributed by atoms with Gasteiger partial charge in [0.15, 0.2) is 23.1 Å². The third kappa shape index (κ3) is 8.15. The highest BCUT2D eigenvalue weighted by molar-refractivity contribution is 5.89. The van der Waals surface area contributed by atoms with Crippen molar-refractivity contribution in [1.82, 2.24) is 20.0 Å². The SMILES string of the molecule is COc1ccc(C23CCC(NC(=O)Nc4ccc(F)c(F)c4)CC2N(C(=O)N2CCN(C)CC2)CC3)cc1OC.O=C(O)C(F)(F)F. The first kappa shape index (κ1) is 35.5. The van der Waals surface area contributed by atoms with Crippen molar-refractivity contribution in [1.29, 1.82) is 0 Å². The van der Waals surface area contributed by atoms with Crippen molar-refractivity contribution in [2.75, 3.05) is 59.3 Å². The highest BCUT2D eigenvalue weighted by Gasteiger charge is 2.54. The van der Waals surface area contributed by atoms with Crippen LogP contribution in [-0.4, -0.2) is 110 Å². The zero-order valence-electron chi connectivity index (χ0n) is 26.2. The number of aliphatic carboxylic acids is 1. The Morgan fingerprint density at radius 3 is 2.17 bits per heavy atom. The van der Waals surface area contributed by atoms with Crippen LogP contribution in [0.5, 0.6) is 11.5 Å². The second-order valence-electron chi connectivity index (χ2n) is 11.8. The van der Waals surface area contributed by atoms with Gasteiger partial charge in [-0.2, -0.15) is 13.2 Å². The molecule has 0 spiro atoms. The number of urea groups is 2. The van der Waals surface area contributed by atoms with Crippen LogP contribution in [-0.2, 0) is 10.2 Å². The summed E-state index contributed by atoms with van der Waals surface area (Å²) in [4.78, 5) is 41.6. The minimum absolute atomic E-state index is 0.0346. The number of carbonyl (C=O) groups is 3. The number of rotatable bonds is 5. The first-order chi connectivity index (χ1) is 22.2. The largest absolute Gasteiger partial charge is 0.493 e. The number of likely N-dealkylation sites (tertiary alicyclic amines) is 1. The maximum absolute atomic E-state index is 13.8. The smallest absolute Gasteiger partial charge is 0.490 e. The average Bonchev–Trinajstić information content (AvgIpc) is 3.42. The second-order valence-corrected chi connectivity index (χ2v) is 11.8. The van der Waals surface area contributed by atoms with Gasteiger partial charge in [0.1, 0.15) is 0 Å². The maximum Gasteiger partial charge on any atom is 0.490 e. The number of methoxy groups -OCH3 is 2. The number of amides is 4. The van der Waals surface area contributed by atoms with Gasteiger partial charge in [-0.25, -0.2) is 23.2 Å². The van der Waals surface area contributed by atoms with E-state index < -0.39 is 29.8 Å². The molecule has 2 aromatic carbocycles. The number of carbonyl (C=O) groups excluding carboxylic acids is 2. The van der Waals surface area contributed by atoms with Gasteiger partial charge in [0.05, 0.1) is 14.2 Å². The number of hydrogen-bond donors (Lipinski definition) is 3. The van der Waals surface area contributed by atoms with Crippen molar-refractivity contribution in [3.63, 3.8) is 0 Å². The maximum atomic E-state index is 13.8. The number of nitrogens with zero attached hydrogens (tertiary/aromatic N) is 3. The number of hydrogen-bond acceptors (Lipinski definition) is 6. The lowest BCUT2D eigenvalue weighted by molar-refractivity contribution is -0.192. The van der Waals surface area contributed by atoms with E-state index in [1.807, 2.05) is 21.9 Å². The van der Waals surface area contributed by atoms with E-state index in [4.69, 9.17) is 19.4 Å². The summed E-state index contributed by atoms with van der Waals surface area (Å²) in [6.45, 7) is 3.65. The Morgan fingerprint density at radius 2 is 1.57 bits per heavy atom. The number of benzene rings is 2. The van der Waals surface area contributed by atoms with Crippen LogP contribution in [0.3, 0.4) is 0 Å². The molecule has 3 N–H and O–H groups in total. The predicted octanol–water partition coefficient (Wildman–Crippen LogP) is 4.67. The van der Waals surface area contributed by atoms with E-state index >= 15 is 0 Å². The molecule has 16 heteroatoms. The van der Waals surface area contributed by atoms with Crippen LogP contribution < -0.4 is 20.1 Å². The van der Waals surface area contributed by atoms with E-state index in [-0.39, 0.29) is 29.2 Å². The van der Waals surface area contributed by atoms with Gasteiger partial charge in [-0.05, 0) is 62.6 Å². The third-order valence-electron chi connectivity index (χ3n) is 8.99. The molecule has 2 saturated heterocycles. The molecule has 5 rings (SSSR count). The number of carboxylic acid groups (broad SMARTS) is 1. The van der Waals surface area contributed by atoms with Crippen LogP contribution in [0.25, 0.3) is 0 Å². The standard InChI is InChI=1S/C29H37F2N5O4.C2HF3O2/c1-34-12-14-35(15-13-34)28(38)36-11-10-29(19-4-7-24(39-2)25(16-19)40-3)9-8-21(18-26(29)36)33-27(37)32-20-5-6-22(30)23(31)17-20;3-2(4,5)1(6)7/h4-7,16-17,21,26H,8-15,18H2,1-3H3,(H2,32,33,37);(H,6,7). The molecule has 0 bridgehead atoms. The van der Waals surface area contributed by atoms with E-state index in [0.29, 0.717) is 44.0 Å². The lowest BCUT2D eigenvalue weighted by Gasteiger charge is -2.46. The molecule has 2 aliphatic heterocycles. The van der Waals surface area contributed by atoms with Crippen LogP contribution >= 0.6 is 0 Å². The number of likely N-dealkylation sites (N-methyl/N-ethyl adjacent to an activating group) is 1. The lowest BCUT2D eigenvalue weighted by Crippen LogP contribution is -2.58. The van der Waals surface area contributed by atoms with Crippen LogP contribution in [0.1, 0.15) is 31.2 Å². The molecule has 0 aromatic heterocycles. The Morgan fingerprint density at radius 1 is 0.915 bits per heavy atom. The fourth-order valence-corrected chi connectivity index (χ4v) is 6.50. The van der Waals surface area contributed by atoms with Gasteiger partial charge in [-0.15, -0.1) is 0 Å². The monoisotopic (exact) mass is 671 g/mol. The van der Waals surface area contributed by atoms with Crippen LogP contribution in [0.15, 0.2) is 36.4 Å². The fraction of sp³-hybridized carbons (Fsp3) is 0.516. The Hall–Kier alpha value is -4.34. The molecule has 258 valence electrons. The molecule has 1 saturated carbocycles. The third-order valence-corrected chi connectivity index (χ3v) is 8.99. The van der Waals surface area contributed by atoms with Crippen molar-refractivity contribution < 1.29 is 50.9 Å². The molecular formula is C31H38F5N5O6. The normalized spacial score (nSPS) is 22.8. The molecular weight excluding hydrogens is 633 g/mol. The van der Waals surface area contributed by atoms with Crippen molar-refractivity contribution in [3.8, 4) is 11.5 Å². The first-order valence-electron chi connectivity index (χ1n) is 15.0. The van der Waals surface area contributed by atoms with Crippen molar-refractivity contribution >= 4 is 23.7 Å².